The number of benzene rings is 1. The van der Waals surface area contributed by atoms with Crippen molar-refractivity contribution in [1.82, 2.24) is 24.6 Å². The monoisotopic (exact) mass is 448 g/mol. The summed E-state index contributed by atoms with van der Waals surface area (Å²) in [4.78, 5) is 31.7. The molecule has 1 atom stereocenters. The molecular formula is C25H32N6O2. The van der Waals surface area contributed by atoms with Gasteiger partial charge in [0.05, 0.1) is 6.54 Å². The van der Waals surface area contributed by atoms with Crippen LogP contribution in [-0.4, -0.2) is 44.9 Å². The van der Waals surface area contributed by atoms with E-state index in [0.717, 1.165) is 37.3 Å². The summed E-state index contributed by atoms with van der Waals surface area (Å²) in [6.07, 6.45) is 6.35. The van der Waals surface area contributed by atoms with E-state index in [1.807, 2.05) is 30.3 Å². The van der Waals surface area contributed by atoms with Crippen molar-refractivity contribution in [3.8, 4) is 0 Å². The van der Waals surface area contributed by atoms with E-state index >= 15 is 0 Å². The highest BCUT2D eigenvalue weighted by Crippen LogP contribution is 2.21. The number of anilines is 1. The lowest BCUT2D eigenvalue weighted by Gasteiger charge is -2.23. The van der Waals surface area contributed by atoms with Gasteiger partial charge in [-0.25, -0.2) is 9.48 Å². The summed E-state index contributed by atoms with van der Waals surface area (Å²) < 4.78 is 3.29. The van der Waals surface area contributed by atoms with Crippen LogP contribution in [0.25, 0.3) is 0 Å². The molecule has 8 nitrogen and oxygen atoms in total. The Bertz CT molecular complexity index is 1090. The summed E-state index contributed by atoms with van der Waals surface area (Å²) in [6, 6.07) is 14.0. The van der Waals surface area contributed by atoms with Crippen LogP contribution in [0.5, 0.6) is 0 Å². The molecule has 1 unspecified atom stereocenters. The number of likely N-dealkylation sites (N-methyl/N-ethyl adjacent to an activating group) is 1. The van der Waals surface area contributed by atoms with Crippen molar-refractivity contribution in [3.63, 3.8) is 0 Å². The summed E-state index contributed by atoms with van der Waals surface area (Å²) >= 11 is 0. The first-order valence-electron chi connectivity index (χ1n) is 11.8. The first-order valence-corrected chi connectivity index (χ1v) is 11.8. The number of amides is 1. The average Bonchev–Trinajstić information content (AvgIpc) is 3.00. The molecule has 1 aliphatic heterocycles. The summed E-state index contributed by atoms with van der Waals surface area (Å²) in [6.45, 7) is 5.45. The zero-order chi connectivity index (χ0) is 23.0. The van der Waals surface area contributed by atoms with Gasteiger partial charge >= 0.3 is 5.69 Å². The molecule has 0 aliphatic carbocycles. The summed E-state index contributed by atoms with van der Waals surface area (Å²) in [5.74, 6) is 1.15. The SMILES string of the molecule is CCN(CCNC(=O)CC1CCc2nn(Cc3cccnc3)c(=O)n2CC1)c1ccccc1. The molecule has 0 spiro atoms. The van der Waals surface area contributed by atoms with E-state index in [2.05, 4.69) is 39.4 Å². The van der Waals surface area contributed by atoms with E-state index in [1.165, 1.54) is 10.4 Å². The molecule has 1 aromatic carbocycles. The third kappa shape index (κ3) is 5.88. The largest absolute Gasteiger partial charge is 0.370 e. The fraction of sp³-hybridized carbons (Fsp3) is 0.440. The topological polar surface area (TPSA) is 85.1 Å². The molecular weight excluding hydrogens is 416 g/mol. The maximum atomic E-state index is 12.8. The van der Waals surface area contributed by atoms with Gasteiger partial charge < -0.3 is 10.2 Å². The highest BCUT2D eigenvalue weighted by atomic mass is 16.2. The Labute approximate surface area is 194 Å². The molecule has 174 valence electrons. The lowest BCUT2D eigenvalue weighted by atomic mass is 9.96. The number of para-hydroxylation sites is 1. The summed E-state index contributed by atoms with van der Waals surface area (Å²) in [5, 5.41) is 7.63. The van der Waals surface area contributed by atoms with Crippen molar-refractivity contribution in [1.29, 1.82) is 0 Å². The van der Waals surface area contributed by atoms with Crippen LogP contribution in [-0.2, 0) is 24.3 Å². The van der Waals surface area contributed by atoms with Gasteiger partial charge in [-0.1, -0.05) is 24.3 Å². The van der Waals surface area contributed by atoms with Crippen LogP contribution in [0.1, 0.15) is 37.6 Å². The second-order valence-electron chi connectivity index (χ2n) is 8.53. The van der Waals surface area contributed by atoms with Gasteiger partial charge in [-0.15, -0.1) is 0 Å². The van der Waals surface area contributed by atoms with Crippen molar-refractivity contribution in [2.24, 2.45) is 5.92 Å². The van der Waals surface area contributed by atoms with Gasteiger partial charge in [0, 0.05) is 57.1 Å². The average molecular weight is 449 g/mol. The molecule has 0 fully saturated rings. The number of hydrogen-bond donors (Lipinski definition) is 1. The van der Waals surface area contributed by atoms with Crippen LogP contribution < -0.4 is 15.9 Å². The highest BCUT2D eigenvalue weighted by molar-refractivity contribution is 5.76. The smallest absolute Gasteiger partial charge is 0.346 e. The van der Waals surface area contributed by atoms with Gasteiger partial charge in [0.2, 0.25) is 5.91 Å². The molecule has 3 heterocycles. The Kier molecular flexibility index (Phi) is 7.55. The van der Waals surface area contributed by atoms with Crippen LogP contribution in [0.3, 0.4) is 0 Å². The van der Waals surface area contributed by atoms with Crippen molar-refractivity contribution < 1.29 is 4.79 Å². The number of carbonyl (C=O) groups excluding carboxylic acids is 1. The van der Waals surface area contributed by atoms with Gasteiger partial charge in [0.15, 0.2) is 0 Å². The van der Waals surface area contributed by atoms with Crippen LogP contribution >= 0.6 is 0 Å². The molecule has 8 heteroatoms. The first-order chi connectivity index (χ1) is 16.1. The van der Waals surface area contributed by atoms with Crippen molar-refractivity contribution in [2.75, 3.05) is 24.5 Å². The first kappa shape index (κ1) is 22.8. The maximum absolute atomic E-state index is 12.8. The van der Waals surface area contributed by atoms with Gasteiger partial charge in [-0.3, -0.25) is 14.3 Å². The predicted octanol–water partition coefficient (Wildman–Crippen LogP) is 2.47. The van der Waals surface area contributed by atoms with Gasteiger partial charge in [-0.2, -0.15) is 5.10 Å². The number of carbonyl (C=O) groups is 1. The third-order valence-corrected chi connectivity index (χ3v) is 6.27. The maximum Gasteiger partial charge on any atom is 0.346 e. The number of nitrogens with one attached hydrogen (secondary N) is 1. The minimum absolute atomic E-state index is 0.0812. The summed E-state index contributed by atoms with van der Waals surface area (Å²) in [7, 11) is 0. The summed E-state index contributed by atoms with van der Waals surface area (Å²) in [5.41, 5.74) is 2.04. The second kappa shape index (κ2) is 10.9. The molecule has 33 heavy (non-hydrogen) atoms. The molecule has 3 aromatic rings. The number of pyridine rings is 1. The molecule has 0 bridgehead atoms. The zero-order valence-corrected chi connectivity index (χ0v) is 19.2. The quantitative estimate of drug-likeness (QED) is 0.544. The Morgan fingerprint density at radius 2 is 2.03 bits per heavy atom. The number of aryl methyl sites for hydroxylation is 1. The van der Waals surface area contributed by atoms with Crippen LogP contribution in [0, 0.1) is 5.92 Å². The molecule has 0 saturated heterocycles. The molecule has 2 aromatic heterocycles. The van der Waals surface area contributed by atoms with E-state index in [0.29, 0.717) is 32.5 Å². The van der Waals surface area contributed by atoms with Crippen molar-refractivity contribution >= 4 is 11.6 Å². The fourth-order valence-corrected chi connectivity index (χ4v) is 4.43. The minimum atomic E-state index is -0.0838. The predicted molar refractivity (Wildman–Crippen MR) is 128 cm³/mol. The zero-order valence-electron chi connectivity index (χ0n) is 19.2. The van der Waals surface area contributed by atoms with Gasteiger partial charge in [0.25, 0.3) is 0 Å². The van der Waals surface area contributed by atoms with Crippen LogP contribution in [0.4, 0.5) is 5.69 Å². The minimum Gasteiger partial charge on any atom is -0.370 e. The Hall–Kier alpha value is -3.42. The van der Waals surface area contributed by atoms with Gasteiger partial charge in [0.1, 0.15) is 5.82 Å². The Morgan fingerprint density at radius 1 is 1.18 bits per heavy atom. The lowest BCUT2D eigenvalue weighted by Crippen LogP contribution is -2.35. The van der Waals surface area contributed by atoms with E-state index in [9.17, 15) is 9.59 Å². The highest BCUT2D eigenvalue weighted by Gasteiger charge is 2.22. The second-order valence-corrected chi connectivity index (χ2v) is 8.53. The van der Waals surface area contributed by atoms with Crippen molar-refractivity contribution in [3.05, 3.63) is 76.7 Å². The van der Waals surface area contributed by atoms with E-state index in [-0.39, 0.29) is 17.5 Å². The number of rotatable bonds is 9. The standard InChI is InChI=1S/C25H32N6O2/c1-2-29(22-8-4-3-5-9-22)16-14-27-24(32)17-20-10-11-23-28-31(25(33)30(23)15-12-20)19-21-7-6-13-26-18-21/h3-9,13,18,20H,2,10-12,14-17,19H2,1H3,(H,27,32). The Balaban J connectivity index is 1.25. The number of nitrogens with zero attached hydrogens (tertiary/aromatic N) is 5. The fourth-order valence-electron chi connectivity index (χ4n) is 4.43. The number of hydrogen-bond acceptors (Lipinski definition) is 5. The molecule has 0 saturated carbocycles. The molecule has 1 amide bonds. The van der Waals surface area contributed by atoms with Gasteiger partial charge in [-0.05, 0) is 49.4 Å². The van der Waals surface area contributed by atoms with Crippen LogP contribution in [0.15, 0.2) is 59.7 Å². The molecule has 1 N–H and O–H groups in total. The van der Waals surface area contributed by atoms with Crippen LogP contribution in [0.2, 0.25) is 0 Å². The van der Waals surface area contributed by atoms with E-state index < -0.39 is 0 Å². The lowest BCUT2D eigenvalue weighted by molar-refractivity contribution is -0.122. The van der Waals surface area contributed by atoms with Crippen molar-refractivity contribution in [2.45, 2.75) is 45.7 Å². The molecule has 1 aliphatic rings. The Morgan fingerprint density at radius 3 is 2.79 bits per heavy atom. The number of aromatic nitrogens is 4. The molecule has 0 radical (unpaired) electrons. The third-order valence-electron chi connectivity index (χ3n) is 6.27. The normalized spacial score (nSPS) is 15.5. The van der Waals surface area contributed by atoms with E-state index in [1.54, 1.807) is 17.0 Å². The molecule has 4 rings (SSSR count). The van der Waals surface area contributed by atoms with E-state index in [4.69, 9.17) is 0 Å². The number of fused-ring (bicyclic) bond motifs is 1.